The standard InChI is InChI=1S/C15H23N3S/c1-10-9-12(13(14(16)19)11(2)17-10)18-7-5-15(3,4)6-8-18/h9H,5-8H2,1-4H3,(H2,16,19). The van der Waals surface area contributed by atoms with Gasteiger partial charge in [0.2, 0.25) is 0 Å². The number of piperidine rings is 1. The Morgan fingerprint density at radius 3 is 2.42 bits per heavy atom. The van der Waals surface area contributed by atoms with Gasteiger partial charge < -0.3 is 10.6 Å². The Balaban J connectivity index is 2.37. The summed E-state index contributed by atoms with van der Waals surface area (Å²) in [5.41, 5.74) is 10.4. The zero-order valence-electron chi connectivity index (χ0n) is 12.3. The Bertz CT molecular complexity index is 498. The summed E-state index contributed by atoms with van der Waals surface area (Å²) in [5.74, 6) is 0. The van der Waals surface area contributed by atoms with Gasteiger partial charge in [0.15, 0.2) is 0 Å². The smallest absolute Gasteiger partial charge is 0.107 e. The summed E-state index contributed by atoms with van der Waals surface area (Å²) in [6, 6.07) is 2.11. The molecule has 3 nitrogen and oxygen atoms in total. The Hall–Kier alpha value is -1.16. The van der Waals surface area contributed by atoms with Crippen molar-refractivity contribution in [1.29, 1.82) is 0 Å². The van der Waals surface area contributed by atoms with Crippen molar-refractivity contribution in [3.05, 3.63) is 23.0 Å². The van der Waals surface area contributed by atoms with E-state index in [1.54, 1.807) is 0 Å². The lowest BCUT2D eigenvalue weighted by Gasteiger charge is -2.39. The van der Waals surface area contributed by atoms with E-state index in [-0.39, 0.29) is 0 Å². The fourth-order valence-corrected chi connectivity index (χ4v) is 2.97. The first kappa shape index (κ1) is 14.3. The molecule has 2 rings (SSSR count). The monoisotopic (exact) mass is 277 g/mol. The molecule has 0 saturated carbocycles. The number of hydrogen-bond acceptors (Lipinski definition) is 3. The van der Waals surface area contributed by atoms with Crippen LogP contribution in [-0.2, 0) is 0 Å². The Labute approximate surface area is 121 Å². The number of nitrogens with two attached hydrogens (primary N) is 1. The van der Waals surface area contributed by atoms with E-state index < -0.39 is 0 Å². The molecule has 2 heterocycles. The second-order valence-corrected chi connectivity index (χ2v) is 6.70. The van der Waals surface area contributed by atoms with E-state index in [0.29, 0.717) is 10.4 Å². The summed E-state index contributed by atoms with van der Waals surface area (Å²) < 4.78 is 0. The average Bonchev–Trinajstić information content (AvgIpc) is 2.26. The minimum absolute atomic E-state index is 0.441. The van der Waals surface area contributed by atoms with Crippen LogP contribution in [0.3, 0.4) is 0 Å². The van der Waals surface area contributed by atoms with Crippen LogP contribution >= 0.6 is 12.2 Å². The Kier molecular flexibility index (Phi) is 3.81. The molecule has 0 bridgehead atoms. The third kappa shape index (κ3) is 3.06. The number of aryl methyl sites for hydroxylation is 2. The summed E-state index contributed by atoms with van der Waals surface area (Å²) in [6.07, 6.45) is 2.40. The lowest BCUT2D eigenvalue weighted by molar-refractivity contribution is 0.280. The highest BCUT2D eigenvalue weighted by Gasteiger charge is 2.27. The quantitative estimate of drug-likeness (QED) is 0.844. The van der Waals surface area contributed by atoms with Gasteiger partial charge in [-0.3, -0.25) is 4.98 Å². The molecular weight excluding hydrogens is 254 g/mol. The highest BCUT2D eigenvalue weighted by atomic mass is 32.1. The molecule has 0 aliphatic carbocycles. The van der Waals surface area contributed by atoms with E-state index in [1.165, 1.54) is 12.8 Å². The molecule has 0 amide bonds. The van der Waals surface area contributed by atoms with Gasteiger partial charge in [0, 0.05) is 24.5 Å². The summed E-state index contributed by atoms with van der Waals surface area (Å²) in [4.78, 5) is 7.34. The molecule has 1 saturated heterocycles. The fraction of sp³-hybridized carbons (Fsp3) is 0.600. The van der Waals surface area contributed by atoms with Gasteiger partial charge in [-0.25, -0.2) is 0 Å². The van der Waals surface area contributed by atoms with Gasteiger partial charge in [-0.15, -0.1) is 0 Å². The maximum atomic E-state index is 5.89. The van der Waals surface area contributed by atoms with Gasteiger partial charge in [0.25, 0.3) is 0 Å². The minimum Gasteiger partial charge on any atom is -0.389 e. The number of nitrogens with zero attached hydrogens (tertiary/aromatic N) is 2. The van der Waals surface area contributed by atoms with E-state index in [0.717, 1.165) is 35.7 Å². The molecule has 104 valence electrons. The number of anilines is 1. The van der Waals surface area contributed by atoms with Crippen LogP contribution in [0.5, 0.6) is 0 Å². The van der Waals surface area contributed by atoms with Crippen molar-refractivity contribution in [2.24, 2.45) is 11.1 Å². The van der Waals surface area contributed by atoms with Gasteiger partial charge in [-0.05, 0) is 38.2 Å². The second-order valence-electron chi connectivity index (χ2n) is 6.26. The van der Waals surface area contributed by atoms with Crippen LogP contribution in [0, 0.1) is 19.3 Å². The summed E-state index contributed by atoms with van der Waals surface area (Å²) in [7, 11) is 0. The molecule has 19 heavy (non-hydrogen) atoms. The van der Waals surface area contributed by atoms with E-state index >= 15 is 0 Å². The molecule has 0 spiro atoms. The van der Waals surface area contributed by atoms with E-state index in [2.05, 4.69) is 29.8 Å². The molecule has 0 radical (unpaired) electrons. The van der Waals surface area contributed by atoms with E-state index in [1.807, 2.05) is 13.8 Å². The van der Waals surface area contributed by atoms with Gasteiger partial charge in [0.05, 0.1) is 11.3 Å². The molecule has 1 fully saturated rings. The van der Waals surface area contributed by atoms with Crippen molar-refractivity contribution in [2.45, 2.75) is 40.5 Å². The summed E-state index contributed by atoms with van der Waals surface area (Å²) in [6.45, 7) is 10.8. The first-order valence-corrected chi connectivity index (χ1v) is 7.24. The number of aromatic nitrogens is 1. The summed E-state index contributed by atoms with van der Waals surface area (Å²) >= 11 is 5.21. The van der Waals surface area contributed by atoms with Crippen molar-refractivity contribution in [3.8, 4) is 0 Å². The third-order valence-corrected chi connectivity index (χ3v) is 4.22. The van der Waals surface area contributed by atoms with Gasteiger partial charge in [-0.2, -0.15) is 0 Å². The molecule has 1 aromatic rings. The summed E-state index contributed by atoms with van der Waals surface area (Å²) in [5, 5.41) is 0. The lowest BCUT2D eigenvalue weighted by Crippen LogP contribution is -2.38. The molecule has 0 atom stereocenters. The van der Waals surface area contributed by atoms with Crippen molar-refractivity contribution >= 4 is 22.9 Å². The largest absolute Gasteiger partial charge is 0.389 e. The number of hydrogen-bond donors (Lipinski definition) is 1. The Morgan fingerprint density at radius 1 is 1.32 bits per heavy atom. The first-order chi connectivity index (χ1) is 8.80. The van der Waals surface area contributed by atoms with Gasteiger partial charge in [0.1, 0.15) is 4.99 Å². The second kappa shape index (κ2) is 5.08. The number of pyridine rings is 1. The van der Waals surface area contributed by atoms with Crippen molar-refractivity contribution in [2.75, 3.05) is 18.0 Å². The highest BCUT2D eigenvalue weighted by Crippen LogP contribution is 2.34. The van der Waals surface area contributed by atoms with Crippen LogP contribution in [0.25, 0.3) is 0 Å². The van der Waals surface area contributed by atoms with E-state index in [9.17, 15) is 0 Å². The number of thiocarbonyl (C=S) groups is 1. The van der Waals surface area contributed by atoms with Crippen LogP contribution in [0.15, 0.2) is 6.07 Å². The molecule has 2 N–H and O–H groups in total. The van der Waals surface area contributed by atoms with Crippen molar-refractivity contribution < 1.29 is 0 Å². The molecule has 1 aromatic heterocycles. The molecule has 4 heteroatoms. The van der Waals surface area contributed by atoms with Crippen LogP contribution in [0.1, 0.15) is 43.6 Å². The SMILES string of the molecule is Cc1cc(N2CCC(C)(C)CC2)c(C(N)=S)c(C)n1. The van der Waals surface area contributed by atoms with Crippen molar-refractivity contribution in [1.82, 2.24) is 4.98 Å². The molecular formula is C15H23N3S. The number of rotatable bonds is 2. The zero-order chi connectivity index (χ0) is 14.2. The van der Waals surface area contributed by atoms with Crippen molar-refractivity contribution in [3.63, 3.8) is 0 Å². The average molecular weight is 277 g/mol. The zero-order valence-corrected chi connectivity index (χ0v) is 13.1. The fourth-order valence-electron chi connectivity index (χ4n) is 2.71. The van der Waals surface area contributed by atoms with E-state index in [4.69, 9.17) is 18.0 Å². The normalized spacial score (nSPS) is 18.4. The van der Waals surface area contributed by atoms with Crippen LogP contribution in [-0.4, -0.2) is 23.1 Å². The predicted molar refractivity (Wildman–Crippen MR) is 84.8 cm³/mol. The molecule has 1 aliphatic rings. The maximum Gasteiger partial charge on any atom is 0.107 e. The molecule has 0 aromatic carbocycles. The van der Waals surface area contributed by atoms with Gasteiger partial charge >= 0.3 is 0 Å². The predicted octanol–water partition coefficient (Wildman–Crippen LogP) is 2.96. The van der Waals surface area contributed by atoms with Crippen LogP contribution in [0.2, 0.25) is 0 Å². The van der Waals surface area contributed by atoms with Crippen LogP contribution < -0.4 is 10.6 Å². The highest BCUT2D eigenvalue weighted by molar-refractivity contribution is 7.80. The lowest BCUT2D eigenvalue weighted by atomic mass is 9.82. The topological polar surface area (TPSA) is 42.1 Å². The molecule has 0 unspecified atom stereocenters. The van der Waals surface area contributed by atoms with Gasteiger partial charge in [-0.1, -0.05) is 26.1 Å². The third-order valence-electron chi connectivity index (χ3n) is 4.01. The maximum absolute atomic E-state index is 5.89. The minimum atomic E-state index is 0.441. The first-order valence-electron chi connectivity index (χ1n) is 6.83. The van der Waals surface area contributed by atoms with Crippen LogP contribution in [0.4, 0.5) is 5.69 Å². The molecule has 1 aliphatic heterocycles. The Morgan fingerprint density at radius 2 is 1.89 bits per heavy atom.